The van der Waals surface area contributed by atoms with Crippen molar-refractivity contribution in [2.75, 3.05) is 5.32 Å². The highest BCUT2D eigenvalue weighted by Gasteiger charge is 2.08. The number of carbonyl (C=O) groups excluding carboxylic acids is 1. The van der Waals surface area contributed by atoms with Crippen molar-refractivity contribution in [3.05, 3.63) is 57.4 Å². The van der Waals surface area contributed by atoms with Crippen molar-refractivity contribution in [3.63, 3.8) is 0 Å². The van der Waals surface area contributed by atoms with Crippen molar-refractivity contribution in [1.29, 1.82) is 0 Å². The van der Waals surface area contributed by atoms with Crippen LogP contribution >= 0.6 is 22.7 Å². The first-order valence-corrected chi connectivity index (χ1v) is 8.80. The number of nitrogens with one attached hydrogen (secondary N) is 1. The molecule has 0 fully saturated rings. The Bertz CT molecular complexity index is 864. The maximum atomic E-state index is 11.9. The van der Waals surface area contributed by atoms with Gasteiger partial charge in [0.15, 0.2) is 5.13 Å². The van der Waals surface area contributed by atoms with Crippen LogP contribution in [0.4, 0.5) is 5.13 Å². The first kappa shape index (κ1) is 15.6. The monoisotopic (exact) mass is 341 g/mol. The number of benzene rings is 1. The highest BCUT2D eigenvalue weighted by molar-refractivity contribution is 7.14. The second kappa shape index (κ2) is 6.85. The zero-order chi connectivity index (χ0) is 16.2. The lowest BCUT2D eigenvalue weighted by Gasteiger charge is -2.00. The predicted molar refractivity (Wildman–Crippen MR) is 96.8 cm³/mol. The van der Waals surface area contributed by atoms with Crippen LogP contribution < -0.4 is 5.32 Å². The highest BCUT2D eigenvalue weighted by atomic mass is 32.1. The lowest BCUT2D eigenvalue weighted by atomic mass is 10.1. The molecule has 3 aromatic rings. The Morgan fingerprint density at radius 2 is 1.96 bits per heavy atom. The van der Waals surface area contributed by atoms with Crippen LogP contribution in [0.25, 0.3) is 17.3 Å². The quantitative estimate of drug-likeness (QED) is 0.709. The SMILES string of the molecule is Cc1nc(/C=C/C(=O)Nc2nc(-c3ccccc3C)cs2)cs1. The fourth-order valence-electron chi connectivity index (χ4n) is 2.08. The summed E-state index contributed by atoms with van der Waals surface area (Å²) in [5.74, 6) is -0.207. The molecule has 0 aliphatic heterocycles. The predicted octanol–water partition coefficient (Wildman–Crippen LogP) is 4.54. The molecule has 0 spiro atoms. The summed E-state index contributed by atoms with van der Waals surface area (Å²) in [5, 5.41) is 8.22. The maximum absolute atomic E-state index is 11.9. The van der Waals surface area contributed by atoms with Gasteiger partial charge in [0.1, 0.15) is 0 Å². The molecule has 2 aromatic heterocycles. The van der Waals surface area contributed by atoms with Crippen LogP contribution in [0.15, 0.2) is 41.1 Å². The number of hydrogen-bond donors (Lipinski definition) is 1. The van der Waals surface area contributed by atoms with Crippen LogP contribution in [-0.4, -0.2) is 15.9 Å². The topological polar surface area (TPSA) is 54.9 Å². The molecule has 0 aliphatic carbocycles. The fraction of sp³-hybridized carbons (Fsp3) is 0.118. The van der Waals surface area contributed by atoms with Gasteiger partial charge in [-0.2, -0.15) is 0 Å². The van der Waals surface area contributed by atoms with Crippen LogP contribution in [0, 0.1) is 13.8 Å². The molecule has 2 heterocycles. The summed E-state index contributed by atoms with van der Waals surface area (Å²) < 4.78 is 0. The first-order chi connectivity index (χ1) is 11.1. The van der Waals surface area contributed by atoms with Crippen LogP contribution in [0.2, 0.25) is 0 Å². The summed E-state index contributed by atoms with van der Waals surface area (Å²) >= 11 is 2.97. The number of rotatable bonds is 4. The number of aryl methyl sites for hydroxylation is 2. The standard InChI is InChI=1S/C17H15N3OS2/c1-11-5-3-4-6-14(11)15-10-23-17(19-15)20-16(21)8-7-13-9-22-12(2)18-13/h3-10H,1-2H3,(H,19,20,21)/b8-7+. The van der Waals surface area contributed by atoms with Gasteiger partial charge < -0.3 is 0 Å². The van der Waals surface area contributed by atoms with Crippen LogP contribution in [-0.2, 0) is 4.79 Å². The molecule has 0 aliphatic rings. The number of anilines is 1. The normalized spacial score (nSPS) is 11.0. The molecule has 4 nitrogen and oxygen atoms in total. The Labute approximate surface area is 142 Å². The lowest BCUT2D eigenvalue weighted by Crippen LogP contribution is -2.07. The van der Waals surface area contributed by atoms with Crippen molar-refractivity contribution in [2.24, 2.45) is 0 Å². The number of hydrogen-bond acceptors (Lipinski definition) is 5. The van der Waals surface area contributed by atoms with E-state index in [4.69, 9.17) is 0 Å². The van der Waals surface area contributed by atoms with E-state index >= 15 is 0 Å². The molecule has 1 amide bonds. The molecule has 23 heavy (non-hydrogen) atoms. The van der Waals surface area contributed by atoms with Crippen LogP contribution in [0.1, 0.15) is 16.3 Å². The Morgan fingerprint density at radius 1 is 1.13 bits per heavy atom. The van der Waals surface area contributed by atoms with Gasteiger partial charge in [-0.25, -0.2) is 9.97 Å². The molecule has 116 valence electrons. The summed E-state index contributed by atoms with van der Waals surface area (Å²) in [4.78, 5) is 20.7. The van der Waals surface area contributed by atoms with Gasteiger partial charge in [0, 0.05) is 22.4 Å². The largest absolute Gasteiger partial charge is 0.298 e. The number of amides is 1. The van der Waals surface area contributed by atoms with Gasteiger partial charge in [-0.3, -0.25) is 10.1 Å². The highest BCUT2D eigenvalue weighted by Crippen LogP contribution is 2.27. The van der Waals surface area contributed by atoms with Crippen LogP contribution in [0.3, 0.4) is 0 Å². The Balaban J connectivity index is 1.68. The summed E-state index contributed by atoms with van der Waals surface area (Å²) in [6.45, 7) is 3.98. The van der Waals surface area contributed by atoms with E-state index in [0.29, 0.717) is 5.13 Å². The van der Waals surface area contributed by atoms with E-state index in [1.165, 1.54) is 17.4 Å². The van der Waals surface area contributed by atoms with Gasteiger partial charge >= 0.3 is 0 Å². The van der Waals surface area contributed by atoms with E-state index in [-0.39, 0.29) is 5.91 Å². The molecule has 3 rings (SSSR count). The average molecular weight is 341 g/mol. The van der Waals surface area contributed by atoms with Gasteiger partial charge in [-0.05, 0) is 25.5 Å². The molecule has 1 aromatic carbocycles. The molecular weight excluding hydrogens is 326 g/mol. The number of thiazole rings is 2. The zero-order valence-corrected chi connectivity index (χ0v) is 14.4. The molecule has 6 heteroatoms. The summed E-state index contributed by atoms with van der Waals surface area (Å²) in [6.07, 6.45) is 3.18. The minimum atomic E-state index is -0.207. The van der Waals surface area contributed by atoms with Crippen molar-refractivity contribution >= 4 is 39.8 Å². The van der Waals surface area contributed by atoms with E-state index in [0.717, 1.165) is 27.5 Å². The Morgan fingerprint density at radius 3 is 2.70 bits per heavy atom. The van der Waals surface area contributed by atoms with Crippen molar-refractivity contribution < 1.29 is 4.79 Å². The fourth-order valence-corrected chi connectivity index (χ4v) is 3.37. The van der Waals surface area contributed by atoms with E-state index in [1.54, 1.807) is 17.4 Å². The van der Waals surface area contributed by atoms with Gasteiger partial charge in [0.25, 0.3) is 0 Å². The number of nitrogens with zero attached hydrogens (tertiary/aromatic N) is 2. The Kier molecular flexibility index (Phi) is 4.64. The summed E-state index contributed by atoms with van der Waals surface area (Å²) in [7, 11) is 0. The molecule has 0 bridgehead atoms. The smallest absolute Gasteiger partial charge is 0.250 e. The van der Waals surface area contributed by atoms with E-state index in [9.17, 15) is 4.79 Å². The molecule has 0 atom stereocenters. The van der Waals surface area contributed by atoms with Crippen molar-refractivity contribution in [3.8, 4) is 11.3 Å². The molecule has 0 saturated carbocycles. The molecule has 1 N–H and O–H groups in total. The number of aromatic nitrogens is 2. The third-order valence-electron chi connectivity index (χ3n) is 3.20. The Hall–Kier alpha value is -2.31. The minimum Gasteiger partial charge on any atom is -0.298 e. The molecule has 0 unspecified atom stereocenters. The van der Waals surface area contributed by atoms with Gasteiger partial charge in [0.2, 0.25) is 5.91 Å². The lowest BCUT2D eigenvalue weighted by molar-refractivity contribution is -0.111. The maximum Gasteiger partial charge on any atom is 0.250 e. The number of carbonyl (C=O) groups is 1. The van der Waals surface area contributed by atoms with Crippen molar-refractivity contribution in [2.45, 2.75) is 13.8 Å². The summed E-state index contributed by atoms with van der Waals surface area (Å²) in [5.41, 5.74) is 3.91. The zero-order valence-electron chi connectivity index (χ0n) is 12.7. The van der Waals surface area contributed by atoms with E-state index in [2.05, 4.69) is 15.3 Å². The van der Waals surface area contributed by atoms with E-state index in [1.807, 2.05) is 48.9 Å². The average Bonchev–Trinajstić information content (AvgIpc) is 3.15. The first-order valence-electron chi connectivity index (χ1n) is 7.04. The molecule has 0 saturated heterocycles. The summed E-state index contributed by atoms with van der Waals surface area (Å²) in [6, 6.07) is 8.06. The van der Waals surface area contributed by atoms with Gasteiger partial charge in [-0.1, -0.05) is 24.3 Å². The second-order valence-electron chi connectivity index (χ2n) is 4.97. The molecule has 0 radical (unpaired) electrons. The third kappa shape index (κ3) is 3.91. The minimum absolute atomic E-state index is 0.207. The molecular formula is C17H15N3OS2. The van der Waals surface area contributed by atoms with Crippen molar-refractivity contribution in [1.82, 2.24) is 9.97 Å². The van der Waals surface area contributed by atoms with Crippen LogP contribution in [0.5, 0.6) is 0 Å². The van der Waals surface area contributed by atoms with E-state index < -0.39 is 0 Å². The third-order valence-corrected chi connectivity index (χ3v) is 4.75. The van der Waals surface area contributed by atoms with Gasteiger partial charge in [-0.15, -0.1) is 22.7 Å². The van der Waals surface area contributed by atoms with Gasteiger partial charge in [0.05, 0.1) is 16.4 Å². The second-order valence-corrected chi connectivity index (χ2v) is 6.89.